The average molecular weight is 353 g/mol. The molecule has 2 aromatic heterocycles. The number of hydrogen-bond acceptors (Lipinski definition) is 4. The van der Waals surface area contributed by atoms with Crippen molar-refractivity contribution < 1.29 is 0 Å². The van der Waals surface area contributed by atoms with Gasteiger partial charge in [-0.25, -0.2) is 0 Å². The Kier molecular flexibility index (Phi) is 6.38. The molecule has 0 radical (unpaired) electrons. The molecule has 140 valence electrons. The zero-order valence-electron chi connectivity index (χ0n) is 16.7. The Morgan fingerprint density at radius 2 is 1.19 bits per heavy atom. The summed E-state index contributed by atoms with van der Waals surface area (Å²) in [6.45, 7) is 5.96. The van der Waals surface area contributed by atoms with Crippen LogP contribution >= 0.6 is 0 Å². The van der Waals surface area contributed by atoms with Crippen LogP contribution in [0.4, 0.5) is 0 Å². The lowest BCUT2D eigenvalue weighted by Crippen LogP contribution is -2.50. The lowest BCUT2D eigenvalue weighted by Gasteiger charge is -2.42. The molecule has 1 aliphatic rings. The Hall–Kier alpha value is -1.78. The van der Waals surface area contributed by atoms with Gasteiger partial charge in [0.1, 0.15) is 0 Å². The summed E-state index contributed by atoms with van der Waals surface area (Å²) < 4.78 is 0. The zero-order chi connectivity index (χ0) is 18.5. The van der Waals surface area contributed by atoms with Crippen molar-refractivity contribution in [1.82, 2.24) is 19.8 Å². The van der Waals surface area contributed by atoms with Gasteiger partial charge < -0.3 is 0 Å². The van der Waals surface area contributed by atoms with Crippen LogP contribution in [0.15, 0.2) is 36.4 Å². The molecule has 3 rings (SSSR count). The maximum Gasteiger partial charge on any atom is 0.0547 e. The number of pyridine rings is 2. The van der Waals surface area contributed by atoms with E-state index in [1.54, 1.807) is 0 Å². The molecule has 4 heteroatoms. The molecule has 2 unspecified atom stereocenters. The highest BCUT2D eigenvalue weighted by atomic mass is 15.2. The summed E-state index contributed by atoms with van der Waals surface area (Å²) in [5.41, 5.74) is 4.53. The molecule has 26 heavy (non-hydrogen) atoms. The van der Waals surface area contributed by atoms with E-state index >= 15 is 0 Å². The van der Waals surface area contributed by atoms with E-state index in [4.69, 9.17) is 9.97 Å². The number of hydrogen-bond donors (Lipinski definition) is 0. The van der Waals surface area contributed by atoms with Gasteiger partial charge in [-0.3, -0.25) is 19.8 Å². The highest BCUT2D eigenvalue weighted by Gasteiger charge is 2.31. The van der Waals surface area contributed by atoms with E-state index in [1.807, 2.05) is 0 Å². The van der Waals surface area contributed by atoms with Gasteiger partial charge in [0.05, 0.1) is 11.4 Å². The molecular weight excluding hydrogens is 320 g/mol. The van der Waals surface area contributed by atoms with Gasteiger partial charge in [-0.15, -0.1) is 0 Å². The Morgan fingerprint density at radius 3 is 1.58 bits per heavy atom. The van der Waals surface area contributed by atoms with Gasteiger partial charge in [-0.1, -0.05) is 25.0 Å². The minimum atomic E-state index is 0.570. The van der Waals surface area contributed by atoms with Gasteiger partial charge in [-0.05, 0) is 65.0 Å². The predicted octanol–water partition coefficient (Wildman–Crippen LogP) is 3.97. The molecule has 2 aromatic rings. The third-order valence-electron chi connectivity index (χ3n) is 5.54. The smallest absolute Gasteiger partial charge is 0.0547 e. The van der Waals surface area contributed by atoms with Crippen molar-refractivity contribution in [2.75, 3.05) is 14.1 Å². The summed E-state index contributed by atoms with van der Waals surface area (Å²) in [6, 6.07) is 13.8. The van der Waals surface area contributed by atoms with E-state index in [1.165, 1.54) is 37.1 Å². The summed E-state index contributed by atoms with van der Waals surface area (Å²) in [6.07, 6.45) is 5.17. The molecule has 1 saturated carbocycles. The fourth-order valence-electron chi connectivity index (χ4n) is 4.24. The third kappa shape index (κ3) is 4.89. The van der Waals surface area contributed by atoms with Crippen molar-refractivity contribution in [3.63, 3.8) is 0 Å². The van der Waals surface area contributed by atoms with Gasteiger partial charge in [0.2, 0.25) is 0 Å². The fourth-order valence-corrected chi connectivity index (χ4v) is 4.24. The summed E-state index contributed by atoms with van der Waals surface area (Å²) in [5.74, 6) is 0. The Morgan fingerprint density at radius 1 is 0.769 bits per heavy atom. The van der Waals surface area contributed by atoms with E-state index in [0.29, 0.717) is 12.1 Å². The number of nitrogens with zero attached hydrogens (tertiary/aromatic N) is 4. The van der Waals surface area contributed by atoms with Crippen molar-refractivity contribution in [2.24, 2.45) is 0 Å². The number of aromatic nitrogens is 2. The first-order valence-corrected chi connectivity index (χ1v) is 9.78. The first-order chi connectivity index (χ1) is 12.5. The maximum absolute atomic E-state index is 4.69. The second-order valence-corrected chi connectivity index (χ2v) is 7.79. The third-order valence-corrected chi connectivity index (χ3v) is 5.54. The van der Waals surface area contributed by atoms with Crippen LogP contribution < -0.4 is 0 Å². The van der Waals surface area contributed by atoms with Crippen LogP contribution in [0.5, 0.6) is 0 Å². The molecule has 4 nitrogen and oxygen atoms in total. The van der Waals surface area contributed by atoms with Gasteiger partial charge in [-0.2, -0.15) is 0 Å². The molecule has 0 bridgehead atoms. The lowest BCUT2D eigenvalue weighted by atomic mass is 9.88. The topological polar surface area (TPSA) is 32.3 Å². The minimum absolute atomic E-state index is 0.570. The van der Waals surface area contributed by atoms with Crippen molar-refractivity contribution in [3.8, 4) is 0 Å². The molecule has 0 saturated heterocycles. The highest BCUT2D eigenvalue weighted by molar-refractivity contribution is 5.11. The molecule has 0 N–H and O–H groups in total. The molecule has 0 aromatic carbocycles. The standard InChI is InChI=1S/C22H32N4/c1-17-9-7-11-19(23-17)15-25(3)21-13-5-6-14-22(21)26(4)16-20-12-8-10-18(2)24-20/h7-12,21-22H,5-6,13-16H2,1-4H3. The summed E-state index contributed by atoms with van der Waals surface area (Å²) >= 11 is 0. The van der Waals surface area contributed by atoms with Crippen molar-refractivity contribution >= 4 is 0 Å². The van der Waals surface area contributed by atoms with Crippen LogP contribution in [0.25, 0.3) is 0 Å². The average Bonchev–Trinajstić information content (AvgIpc) is 2.61. The van der Waals surface area contributed by atoms with Crippen molar-refractivity contribution in [3.05, 3.63) is 59.2 Å². The first-order valence-electron chi connectivity index (χ1n) is 9.78. The molecule has 0 spiro atoms. The van der Waals surface area contributed by atoms with Gasteiger partial charge in [0.15, 0.2) is 0 Å². The Balaban J connectivity index is 1.68. The molecule has 0 aliphatic heterocycles. The molecule has 0 amide bonds. The number of aryl methyl sites for hydroxylation is 2. The van der Waals surface area contributed by atoms with Crippen LogP contribution in [0.1, 0.15) is 48.5 Å². The van der Waals surface area contributed by atoms with Crippen LogP contribution in [0.3, 0.4) is 0 Å². The maximum atomic E-state index is 4.69. The highest BCUT2D eigenvalue weighted by Crippen LogP contribution is 2.27. The second kappa shape index (κ2) is 8.74. The largest absolute Gasteiger partial charge is 0.296 e. The second-order valence-electron chi connectivity index (χ2n) is 7.79. The summed E-state index contributed by atoms with van der Waals surface area (Å²) in [5, 5.41) is 0. The predicted molar refractivity (Wildman–Crippen MR) is 107 cm³/mol. The van der Waals surface area contributed by atoms with Crippen LogP contribution in [-0.2, 0) is 13.1 Å². The van der Waals surface area contributed by atoms with Crippen LogP contribution in [-0.4, -0.2) is 45.9 Å². The van der Waals surface area contributed by atoms with Gasteiger partial charge in [0, 0.05) is 36.6 Å². The SMILES string of the molecule is Cc1cccc(CN(C)C2CCCCC2N(C)Cc2cccc(C)n2)n1. The monoisotopic (exact) mass is 352 g/mol. The quantitative estimate of drug-likeness (QED) is 0.787. The van der Waals surface area contributed by atoms with Crippen LogP contribution in [0.2, 0.25) is 0 Å². The minimum Gasteiger partial charge on any atom is -0.296 e. The zero-order valence-corrected chi connectivity index (χ0v) is 16.7. The Labute approximate surface area is 158 Å². The lowest BCUT2D eigenvalue weighted by molar-refractivity contribution is 0.0679. The Bertz CT molecular complexity index is 653. The molecule has 1 fully saturated rings. The van der Waals surface area contributed by atoms with E-state index in [-0.39, 0.29) is 0 Å². The summed E-state index contributed by atoms with van der Waals surface area (Å²) in [7, 11) is 4.51. The van der Waals surface area contributed by atoms with Gasteiger partial charge in [0.25, 0.3) is 0 Å². The van der Waals surface area contributed by atoms with E-state index in [2.05, 4.69) is 74.1 Å². The molecule has 2 heterocycles. The van der Waals surface area contributed by atoms with E-state index in [9.17, 15) is 0 Å². The summed E-state index contributed by atoms with van der Waals surface area (Å²) in [4.78, 5) is 14.4. The van der Waals surface area contributed by atoms with Gasteiger partial charge >= 0.3 is 0 Å². The molecule has 2 atom stereocenters. The molecule has 1 aliphatic carbocycles. The first kappa shape index (κ1) is 19.0. The normalized spacial score (nSPS) is 20.7. The molecular formula is C22H32N4. The van der Waals surface area contributed by atoms with Crippen molar-refractivity contribution in [2.45, 2.75) is 64.7 Å². The van der Waals surface area contributed by atoms with Crippen LogP contribution in [0, 0.1) is 13.8 Å². The number of rotatable bonds is 6. The van der Waals surface area contributed by atoms with Crippen molar-refractivity contribution in [1.29, 1.82) is 0 Å². The number of likely N-dealkylation sites (N-methyl/N-ethyl adjacent to an activating group) is 2. The van der Waals surface area contributed by atoms with E-state index < -0.39 is 0 Å². The fraction of sp³-hybridized carbons (Fsp3) is 0.545. The van der Waals surface area contributed by atoms with E-state index in [0.717, 1.165) is 24.5 Å².